The van der Waals surface area contributed by atoms with Gasteiger partial charge in [-0.2, -0.15) is 0 Å². The zero-order valence-electron chi connectivity index (χ0n) is 4.82. The zero-order chi connectivity index (χ0) is 6.10. The molecule has 0 spiro atoms. The molecule has 0 saturated carbocycles. The molecule has 0 N–H and O–H groups in total. The summed E-state index contributed by atoms with van der Waals surface area (Å²) in [6.45, 7) is 0. The van der Waals surface area contributed by atoms with Gasteiger partial charge in [0.1, 0.15) is 0 Å². The van der Waals surface area contributed by atoms with Gasteiger partial charge < -0.3 is 4.74 Å². The lowest BCUT2D eigenvalue weighted by molar-refractivity contribution is 0.155. The van der Waals surface area contributed by atoms with Gasteiger partial charge in [0.15, 0.2) is 6.23 Å². The second-order valence-electron chi connectivity index (χ2n) is 2.01. The Morgan fingerprint density at radius 3 is 3.44 bits per heavy atom. The van der Waals surface area contributed by atoms with Crippen LogP contribution in [0.5, 0.6) is 0 Å². The highest BCUT2D eigenvalue weighted by Gasteiger charge is 2.21. The summed E-state index contributed by atoms with van der Waals surface area (Å²) >= 11 is 0. The van der Waals surface area contributed by atoms with Gasteiger partial charge in [0, 0.05) is 6.21 Å². The third-order valence-corrected chi connectivity index (χ3v) is 1.41. The molecular weight excluding hydrogens is 114 g/mol. The summed E-state index contributed by atoms with van der Waals surface area (Å²) in [6.07, 6.45) is 10.2. The fourth-order valence-electron chi connectivity index (χ4n) is 0.938. The van der Waals surface area contributed by atoms with Crippen LogP contribution < -0.4 is 0 Å². The van der Waals surface area contributed by atoms with Gasteiger partial charge in [-0.25, -0.2) is 4.99 Å². The predicted octanol–water partition coefficient (Wildman–Crippen LogP) is 0.916. The van der Waals surface area contributed by atoms with E-state index in [9.17, 15) is 0 Å². The molecule has 0 aromatic heterocycles. The minimum Gasteiger partial charge on any atom is -0.476 e. The molecule has 0 aromatic rings. The molecule has 1 radical (unpaired) electrons. The molecule has 2 atom stereocenters. The van der Waals surface area contributed by atoms with E-state index in [0.29, 0.717) is 0 Å². The number of hydrogen-bond acceptors (Lipinski definition) is 2. The van der Waals surface area contributed by atoms with Gasteiger partial charge in [-0.15, -0.1) is 0 Å². The van der Waals surface area contributed by atoms with E-state index in [1.54, 1.807) is 12.5 Å². The quantitative estimate of drug-likeness (QED) is 0.465. The van der Waals surface area contributed by atoms with Crippen LogP contribution in [-0.2, 0) is 4.74 Å². The Kier molecular flexibility index (Phi) is 0.918. The fourth-order valence-corrected chi connectivity index (χ4v) is 0.938. The van der Waals surface area contributed by atoms with Crippen molar-refractivity contribution in [2.45, 2.75) is 6.23 Å². The van der Waals surface area contributed by atoms with Gasteiger partial charge in [-0.05, 0) is 18.2 Å². The second kappa shape index (κ2) is 1.72. The SMILES string of the molecule is [C]1=CC=NC2OC=CC12. The smallest absolute Gasteiger partial charge is 0.198 e. The number of aliphatic imine (C=N–C) groups is 1. The van der Waals surface area contributed by atoms with Gasteiger partial charge >= 0.3 is 0 Å². The van der Waals surface area contributed by atoms with Gasteiger partial charge in [0.2, 0.25) is 0 Å². The Hall–Kier alpha value is -1.05. The Morgan fingerprint density at radius 1 is 1.56 bits per heavy atom. The Balaban J connectivity index is 2.25. The number of nitrogens with zero attached hydrogens (tertiary/aromatic N) is 1. The van der Waals surface area contributed by atoms with Crippen molar-refractivity contribution in [2.24, 2.45) is 10.9 Å². The number of ether oxygens (including phenoxy) is 1. The normalized spacial score (nSPS) is 36.4. The molecule has 0 amide bonds. The number of fused-ring (bicyclic) bond motifs is 1. The second-order valence-corrected chi connectivity index (χ2v) is 2.01. The maximum Gasteiger partial charge on any atom is 0.198 e. The van der Waals surface area contributed by atoms with E-state index >= 15 is 0 Å². The van der Waals surface area contributed by atoms with Crippen molar-refractivity contribution in [2.75, 3.05) is 0 Å². The van der Waals surface area contributed by atoms with Crippen LogP contribution in [0.4, 0.5) is 0 Å². The Morgan fingerprint density at radius 2 is 2.56 bits per heavy atom. The van der Waals surface area contributed by atoms with E-state index in [1.165, 1.54) is 0 Å². The van der Waals surface area contributed by atoms with Crippen LogP contribution >= 0.6 is 0 Å². The largest absolute Gasteiger partial charge is 0.476 e. The maximum atomic E-state index is 5.10. The van der Waals surface area contributed by atoms with Crippen molar-refractivity contribution >= 4 is 6.21 Å². The first-order chi connectivity index (χ1) is 4.47. The third kappa shape index (κ3) is 0.669. The molecule has 0 saturated heterocycles. The summed E-state index contributed by atoms with van der Waals surface area (Å²) in [4.78, 5) is 4.06. The number of rotatable bonds is 0. The molecule has 0 aliphatic carbocycles. The average molecular weight is 120 g/mol. The van der Waals surface area contributed by atoms with Crippen LogP contribution in [0.25, 0.3) is 0 Å². The van der Waals surface area contributed by atoms with Crippen molar-refractivity contribution in [1.82, 2.24) is 0 Å². The van der Waals surface area contributed by atoms with E-state index in [1.807, 2.05) is 12.2 Å². The molecule has 2 heteroatoms. The molecule has 0 bridgehead atoms. The molecule has 2 aliphatic heterocycles. The highest BCUT2D eigenvalue weighted by atomic mass is 16.5. The zero-order valence-corrected chi connectivity index (χ0v) is 4.82. The lowest BCUT2D eigenvalue weighted by Gasteiger charge is -2.11. The molecule has 2 heterocycles. The molecule has 2 nitrogen and oxygen atoms in total. The summed E-state index contributed by atoms with van der Waals surface area (Å²) in [7, 11) is 0. The summed E-state index contributed by atoms with van der Waals surface area (Å²) < 4.78 is 5.10. The maximum absolute atomic E-state index is 5.10. The van der Waals surface area contributed by atoms with Crippen molar-refractivity contribution in [3.63, 3.8) is 0 Å². The molecule has 0 fully saturated rings. The highest BCUT2D eigenvalue weighted by Crippen LogP contribution is 2.20. The fraction of sp³-hybridized carbons (Fsp3) is 0.286. The van der Waals surface area contributed by atoms with Crippen molar-refractivity contribution < 1.29 is 4.74 Å². The summed E-state index contributed by atoms with van der Waals surface area (Å²) in [5.41, 5.74) is 0. The topological polar surface area (TPSA) is 21.6 Å². The van der Waals surface area contributed by atoms with Gasteiger partial charge in [-0.3, -0.25) is 0 Å². The lowest BCUT2D eigenvalue weighted by Crippen LogP contribution is -2.14. The van der Waals surface area contributed by atoms with E-state index in [-0.39, 0.29) is 12.1 Å². The molecule has 0 aromatic carbocycles. The first-order valence-electron chi connectivity index (χ1n) is 2.90. The van der Waals surface area contributed by atoms with Gasteiger partial charge in [0.25, 0.3) is 0 Å². The summed E-state index contributed by atoms with van der Waals surface area (Å²) in [5, 5.41) is 0. The Bertz CT molecular complexity index is 193. The molecule has 2 rings (SSSR count). The molecule has 9 heavy (non-hydrogen) atoms. The highest BCUT2D eigenvalue weighted by molar-refractivity contribution is 5.71. The van der Waals surface area contributed by atoms with Crippen molar-refractivity contribution in [3.05, 3.63) is 24.5 Å². The third-order valence-electron chi connectivity index (χ3n) is 1.41. The van der Waals surface area contributed by atoms with E-state index in [4.69, 9.17) is 4.74 Å². The Labute approximate surface area is 53.5 Å². The van der Waals surface area contributed by atoms with Crippen LogP contribution in [0.1, 0.15) is 0 Å². The molecule has 2 unspecified atom stereocenters. The number of hydrogen-bond donors (Lipinski definition) is 0. The number of dihydropyridines is 1. The number of allylic oxidation sites excluding steroid dienone is 1. The minimum atomic E-state index is -0.0185. The molecule has 45 valence electrons. The predicted molar refractivity (Wildman–Crippen MR) is 33.8 cm³/mol. The van der Waals surface area contributed by atoms with Crippen LogP contribution in [-0.4, -0.2) is 12.4 Å². The molecular formula is C7H6NO. The van der Waals surface area contributed by atoms with E-state index < -0.39 is 0 Å². The monoisotopic (exact) mass is 120 g/mol. The standard InChI is InChI=1S/C7H6NO/c1-2-6-3-5-9-7(6)8-4-1/h1,3-7H. The first kappa shape index (κ1) is 4.79. The molecule has 2 aliphatic rings. The lowest BCUT2D eigenvalue weighted by atomic mass is 10.1. The van der Waals surface area contributed by atoms with Crippen molar-refractivity contribution in [1.29, 1.82) is 0 Å². The van der Waals surface area contributed by atoms with E-state index in [0.717, 1.165) is 0 Å². The van der Waals surface area contributed by atoms with Crippen molar-refractivity contribution in [3.8, 4) is 0 Å². The van der Waals surface area contributed by atoms with Crippen LogP contribution in [0.2, 0.25) is 0 Å². The summed E-state index contributed by atoms with van der Waals surface area (Å²) in [6, 6.07) is 0. The summed E-state index contributed by atoms with van der Waals surface area (Å²) in [5.74, 6) is 0.259. The average Bonchev–Trinajstić information content (AvgIpc) is 2.33. The van der Waals surface area contributed by atoms with Crippen LogP contribution in [0.3, 0.4) is 0 Å². The first-order valence-corrected chi connectivity index (χ1v) is 2.90. The van der Waals surface area contributed by atoms with Crippen LogP contribution in [0.15, 0.2) is 23.4 Å². The minimum absolute atomic E-state index is 0.0185. The van der Waals surface area contributed by atoms with E-state index in [2.05, 4.69) is 11.1 Å². The van der Waals surface area contributed by atoms with Crippen LogP contribution in [0, 0.1) is 12.0 Å². The van der Waals surface area contributed by atoms with Gasteiger partial charge in [0.05, 0.1) is 12.2 Å². The van der Waals surface area contributed by atoms with Gasteiger partial charge in [-0.1, -0.05) is 0 Å².